The number of imidazole rings is 1. The molecular formula is C18H28N4O. The van der Waals surface area contributed by atoms with Gasteiger partial charge in [-0.3, -0.25) is 4.79 Å². The normalized spacial score (nSPS) is 12.5. The summed E-state index contributed by atoms with van der Waals surface area (Å²) < 4.78 is 2.17. The molecule has 0 aliphatic carbocycles. The van der Waals surface area contributed by atoms with Crippen LogP contribution in [0.1, 0.15) is 57.8 Å². The monoisotopic (exact) mass is 316 g/mol. The van der Waals surface area contributed by atoms with Crippen LogP contribution in [0.15, 0.2) is 24.3 Å². The number of hydrogen-bond donors (Lipinski definition) is 2. The second-order valence-corrected chi connectivity index (χ2v) is 5.95. The molecule has 0 bridgehead atoms. The summed E-state index contributed by atoms with van der Waals surface area (Å²) in [5.74, 6) is 1.02. The molecule has 3 N–H and O–H groups in total. The molecular weight excluding hydrogens is 288 g/mol. The largest absolute Gasteiger partial charge is 0.346 e. The summed E-state index contributed by atoms with van der Waals surface area (Å²) in [7, 11) is 0. The maximum atomic E-state index is 12.1. The molecule has 2 aromatic rings. The fraction of sp³-hybridized carbons (Fsp3) is 0.556. The number of nitrogens with one attached hydrogen (secondary N) is 1. The third-order valence-corrected chi connectivity index (χ3v) is 4.12. The molecule has 0 spiro atoms. The van der Waals surface area contributed by atoms with Crippen LogP contribution in [-0.4, -0.2) is 22.0 Å². The first-order valence-corrected chi connectivity index (χ1v) is 8.62. The smallest absolute Gasteiger partial charge is 0.220 e. The van der Waals surface area contributed by atoms with Crippen LogP contribution in [-0.2, 0) is 11.3 Å². The van der Waals surface area contributed by atoms with Gasteiger partial charge in [0.1, 0.15) is 5.82 Å². The Kier molecular flexibility index (Phi) is 6.59. The summed E-state index contributed by atoms with van der Waals surface area (Å²) in [6, 6.07) is 8.01. The lowest BCUT2D eigenvalue weighted by atomic mass is 10.1. The van der Waals surface area contributed by atoms with Gasteiger partial charge in [0.05, 0.1) is 17.1 Å². The Balaban J connectivity index is 1.95. The Morgan fingerprint density at radius 1 is 1.26 bits per heavy atom. The predicted octanol–water partition coefficient (Wildman–Crippen LogP) is 3.14. The molecule has 2 rings (SSSR count). The van der Waals surface area contributed by atoms with E-state index in [1.54, 1.807) is 0 Å². The highest BCUT2D eigenvalue weighted by molar-refractivity contribution is 5.78. The third-order valence-electron chi connectivity index (χ3n) is 4.12. The topological polar surface area (TPSA) is 72.9 Å². The van der Waals surface area contributed by atoms with Crippen LogP contribution < -0.4 is 11.1 Å². The molecule has 5 heteroatoms. The quantitative estimate of drug-likeness (QED) is 0.698. The summed E-state index contributed by atoms with van der Waals surface area (Å²) in [5, 5.41) is 3.08. The van der Waals surface area contributed by atoms with E-state index < -0.39 is 0 Å². The van der Waals surface area contributed by atoms with Crippen LogP contribution in [0.4, 0.5) is 0 Å². The highest BCUT2D eigenvalue weighted by atomic mass is 16.1. The summed E-state index contributed by atoms with van der Waals surface area (Å²) in [5.41, 5.74) is 7.57. The van der Waals surface area contributed by atoms with Crippen molar-refractivity contribution in [1.29, 1.82) is 0 Å². The summed E-state index contributed by atoms with van der Waals surface area (Å²) in [4.78, 5) is 16.8. The minimum atomic E-state index is -0.0844. The van der Waals surface area contributed by atoms with E-state index in [-0.39, 0.29) is 11.9 Å². The number of fused-ring (bicyclic) bond motifs is 1. The van der Waals surface area contributed by atoms with Crippen molar-refractivity contribution in [2.24, 2.45) is 5.73 Å². The molecule has 0 fully saturated rings. The number of carbonyl (C=O) groups is 1. The highest BCUT2D eigenvalue weighted by Gasteiger charge is 2.17. The number of nitrogens with zero attached hydrogens (tertiary/aromatic N) is 2. The first kappa shape index (κ1) is 17.5. The lowest BCUT2D eigenvalue weighted by Crippen LogP contribution is -2.28. The number of amides is 1. The van der Waals surface area contributed by atoms with Crippen molar-refractivity contribution in [3.8, 4) is 0 Å². The molecule has 1 heterocycles. The molecule has 0 aliphatic rings. The Bertz CT molecular complexity index is 635. The Morgan fingerprint density at radius 2 is 2.00 bits per heavy atom. The number of aromatic nitrogens is 2. The molecule has 0 radical (unpaired) electrons. The van der Waals surface area contributed by atoms with Gasteiger partial charge in [0.15, 0.2) is 0 Å². The first-order valence-electron chi connectivity index (χ1n) is 8.62. The number of aryl methyl sites for hydroxylation is 1. The second-order valence-electron chi connectivity index (χ2n) is 5.95. The lowest BCUT2D eigenvalue weighted by molar-refractivity contribution is -0.121. The minimum Gasteiger partial charge on any atom is -0.346 e. The zero-order valence-electron chi connectivity index (χ0n) is 14.2. The second kappa shape index (κ2) is 8.67. The van der Waals surface area contributed by atoms with E-state index in [1.165, 1.54) is 0 Å². The van der Waals surface area contributed by atoms with E-state index in [9.17, 15) is 4.79 Å². The van der Waals surface area contributed by atoms with Gasteiger partial charge < -0.3 is 15.6 Å². The average molecular weight is 316 g/mol. The summed E-state index contributed by atoms with van der Waals surface area (Å²) in [6.45, 7) is 5.68. The predicted molar refractivity (Wildman–Crippen MR) is 94.1 cm³/mol. The van der Waals surface area contributed by atoms with Crippen molar-refractivity contribution in [3.05, 3.63) is 30.1 Å². The molecule has 0 saturated carbocycles. The van der Waals surface area contributed by atoms with Crippen molar-refractivity contribution in [1.82, 2.24) is 14.9 Å². The molecule has 1 aromatic carbocycles. The van der Waals surface area contributed by atoms with Gasteiger partial charge in [-0.25, -0.2) is 4.98 Å². The number of carbonyl (C=O) groups excluding carboxylic acids is 1. The van der Waals surface area contributed by atoms with Gasteiger partial charge in [-0.2, -0.15) is 0 Å². The maximum Gasteiger partial charge on any atom is 0.220 e. The summed E-state index contributed by atoms with van der Waals surface area (Å²) >= 11 is 0. The zero-order valence-corrected chi connectivity index (χ0v) is 14.2. The van der Waals surface area contributed by atoms with E-state index in [4.69, 9.17) is 10.7 Å². The molecule has 5 nitrogen and oxygen atoms in total. The number of para-hydroxylation sites is 2. The molecule has 1 aromatic heterocycles. The van der Waals surface area contributed by atoms with Crippen molar-refractivity contribution in [3.63, 3.8) is 0 Å². The van der Waals surface area contributed by atoms with Gasteiger partial charge in [-0.1, -0.05) is 25.0 Å². The number of unbranched alkanes of at least 4 members (excludes halogenated alkanes) is 3. The molecule has 0 saturated heterocycles. The Labute approximate surface area is 138 Å². The first-order chi connectivity index (χ1) is 11.2. The number of nitrogens with two attached hydrogens (primary N) is 1. The van der Waals surface area contributed by atoms with Gasteiger partial charge in [0.2, 0.25) is 5.91 Å². The number of hydrogen-bond acceptors (Lipinski definition) is 3. The van der Waals surface area contributed by atoms with Gasteiger partial charge >= 0.3 is 0 Å². The molecule has 23 heavy (non-hydrogen) atoms. The number of rotatable bonds is 9. The molecule has 1 amide bonds. The third kappa shape index (κ3) is 4.55. The maximum absolute atomic E-state index is 12.1. The van der Waals surface area contributed by atoms with E-state index >= 15 is 0 Å². The molecule has 126 valence electrons. The van der Waals surface area contributed by atoms with Gasteiger partial charge in [0.25, 0.3) is 0 Å². The lowest BCUT2D eigenvalue weighted by Gasteiger charge is -2.15. The van der Waals surface area contributed by atoms with Crippen LogP contribution in [0.2, 0.25) is 0 Å². The van der Waals surface area contributed by atoms with Crippen LogP contribution in [0.25, 0.3) is 11.0 Å². The number of benzene rings is 1. The fourth-order valence-corrected chi connectivity index (χ4v) is 2.92. The SMILES string of the molecule is CCn1c(C(C)NC(=O)CCCCCCN)nc2ccccc21. The van der Waals surface area contributed by atoms with Crippen molar-refractivity contribution in [2.45, 2.75) is 58.5 Å². The van der Waals surface area contributed by atoms with Crippen molar-refractivity contribution >= 4 is 16.9 Å². The highest BCUT2D eigenvalue weighted by Crippen LogP contribution is 2.20. The van der Waals surface area contributed by atoms with Crippen LogP contribution >= 0.6 is 0 Å². The standard InChI is InChI=1S/C18H28N4O/c1-3-22-16-11-8-7-10-15(16)21-18(22)14(2)20-17(23)12-6-4-5-9-13-19/h7-8,10-11,14H,3-6,9,12-13,19H2,1-2H3,(H,20,23). The minimum absolute atomic E-state index is 0.0844. The van der Waals surface area contributed by atoms with Gasteiger partial charge in [-0.05, 0) is 45.4 Å². The van der Waals surface area contributed by atoms with E-state index in [0.29, 0.717) is 6.42 Å². The van der Waals surface area contributed by atoms with Gasteiger partial charge in [0, 0.05) is 13.0 Å². The zero-order chi connectivity index (χ0) is 16.7. The fourth-order valence-electron chi connectivity index (χ4n) is 2.92. The Morgan fingerprint density at radius 3 is 2.74 bits per heavy atom. The molecule has 1 unspecified atom stereocenters. The van der Waals surface area contributed by atoms with Crippen LogP contribution in [0.5, 0.6) is 0 Å². The van der Waals surface area contributed by atoms with Gasteiger partial charge in [-0.15, -0.1) is 0 Å². The molecule has 0 aliphatic heterocycles. The summed E-state index contributed by atoms with van der Waals surface area (Å²) in [6.07, 6.45) is 4.69. The van der Waals surface area contributed by atoms with E-state index in [0.717, 1.165) is 55.6 Å². The van der Waals surface area contributed by atoms with Crippen molar-refractivity contribution < 1.29 is 4.79 Å². The van der Waals surface area contributed by atoms with E-state index in [1.807, 2.05) is 25.1 Å². The van der Waals surface area contributed by atoms with Crippen LogP contribution in [0, 0.1) is 0 Å². The van der Waals surface area contributed by atoms with E-state index in [2.05, 4.69) is 22.9 Å². The average Bonchev–Trinajstić information content (AvgIpc) is 2.93. The molecule has 1 atom stereocenters. The van der Waals surface area contributed by atoms with Crippen LogP contribution in [0.3, 0.4) is 0 Å². The Hall–Kier alpha value is -1.88. The van der Waals surface area contributed by atoms with Crippen molar-refractivity contribution in [2.75, 3.05) is 6.54 Å².